The quantitative estimate of drug-likeness (QED) is 0.617. The summed E-state index contributed by atoms with van der Waals surface area (Å²) < 4.78 is 10.3. The van der Waals surface area contributed by atoms with Crippen molar-refractivity contribution in [1.29, 1.82) is 0 Å². The number of nitrogens with one attached hydrogen (secondary N) is 1. The van der Waals surface area contributed by atoms with E-state index in [1.54, 1.807) is 29.2 Å². The van der Waals surface area contributed by atoms with Crippen LogP contribution < -0.4 is 5.32 Å². The second kappa shape index (κ2) is 8.10. The fourth-order valence-corrected chi connectivity index (χ4v) is 2.89. The molecule has 3 heterocycles. The van der Waals surface area contributed by atoms with Crippen LogP contribution in [0.4, 0.5) is 5.69 Å². The zero-order chi connectivity index (χ0) is 19.6. The molecule has 1 N–H and O–H groups in total. The van der Waals surface area contributed by atoms with Crippen molar-refractivity contribution in [2.24, 2.45) is 0 Å². The zero-order valence-corrected chi connectivity index (χ0v) is 17.4. The van der Waals surface area contributed by atoms with E-state index >= 15 is 0 Å². The molecule has 0 aliphatic carbocycles. The summed E-state index contributed by atoms with van der Waals surface area (Å²) in [4.78, 5) is 14.5. The van der Waals surface area contributed by atoms with E-state index in [-0.39, 0.29) is 11.7 Å². The number of carbonyl (C=O) groups excluding carboxylic acids is 1. The van der Waals surface area contributed by atoms with E-state index in [9.17, 15) is 4.79 Å². The number of halogens is 1. The Morgan fingerprint density at radius 3 is 2.78 bits per heavy atom. The van der Waals surface area contributed by atoms with E-state index in [0.717, 1.165) is 29.0 Å². The third kappa shape index (κ3) is 4.67. The van der Waals surface area contributed by atoms with E-state index in [4.69, 9.17) is 4.42 Å². The van der Waals surface area contributed by atoms with Crippen molar-refractivity contribution in [1.82, 2.24) is 24.5 Å². The van der Waals surface area contributed by atoms with Crippen LogP contribution in [-0.2, 0) is 13.1 Å². The molecule has 0 saturated carbocycles. The average molecular weight is 435 g/mol. The minimum atomic E-state index is -0.303. The molecule has 0 bridgehead atoms. The van der Waals surface area contributed by atoms with Crippen molar-refractivity contribution in [2.75, 3.05) is 26.0 Å². The first-order valence-corrected chi connectivity index (χ1v) is 9.39. The molecule has 0 fully saturated rings. The Bertz CT molecular complexity index is 940. The number of hydrogen-bond donors (Lipinski definition) is 1. The normalized spacial score (nSPS) is 11.3. The molecule has 0 saturated heterocycles. The molecule has 1 amide bonds. The van der Waals surface area contributed by atoms with Gasteiger partial charge in [-0.25, -0.2) is 0 Å². The van der Waals surface area contributed by atoms with Gasteiger partial charge in [0.15, 0.2) is 5.76 Å². The lowest BCUT2D eigenvalue weighted by Gasteiger charge is -2.08. The van der Waals surface area contributed by atoms with Gasteiger partial charge in [0.1, 0.15) is 5.76 Å². The number of likely N-dealkylation sites (N-methyl/N-ethyl adjacent to an activating group) is 1. The predicted molar refractivity (Wildman–Crippen MR) is 106 cm³/mol. The van der Waals surface area contributed by atoms with Crippen LogP contribution in [0.5, 0.6) is 0 Å². The topological polar surface area (TPSA) is 81.1 Å². The molecule has 0 aromatic carbocycles. The first kappa shape index (κ1) is 19.4. The molecule has 8 nitrogen and oxygen atoms in total. The number of anilines is 1. The SMILES string of the molecule is Cc1nn(Cc2ccc(C(=O)Nc3cnn(CCN(C)C)c3)o2)c(C)c1Br. The summed E-state index contributed by atoms with van der Waals surface area (Å²) in [6.07, 6.45) is 3.43. The van der Waals surface area contributed by atoms with E-state index < -0.39 is 0 Å². The largest absolute Gasteiger partial charge is 0.454 e. The number of carbonyl (C=O) groups is 1. The first-order valence-electron chi connectivity index (χ1n) is 8.60. The molecule has 3 aromatic rings. The maximum atomic E-state index is 12.4. The molecular formula is C18H23BrN6O2. The number of furan rings is 1. The second-order valence-corrected chi connectivity index (χ2v) is 7.45. The Morgan fingerprint density at radius 2 is 2.11 bits per heavy atom. The molecule has 0 spiro atoms. The fourth-order valence-electron chi connectivity index (χ4n) is 2.61. The maximum absolute atomic E-state index is 12.4. The number of nitrogens with zero attached hydrogens (tertiary/aromatic N) is 5. The molecule has 0 aliphatic rings. The smallest absolute Gasteiger partial charge is 0.291 e. The molecule has 27 heavy (non-hydrogen) atoms. The van der Waals surface area contributed by atoms with Gasteiger partial charge in [0.2, 0.25) is 0 Å². The van der Waals surface area contributed by atoms with Gasteiger partial charge >= 0.3 is 0 Å². The van der Waals surface area contributed by atoms with Gasteiger partial charge in [-0.3, -0.25) is 14.2 Å². The molecule has 0 radical (unpaired) electrons. The maximum Gasteiger partial charge on any atom is 0.291 e. The van der Waals surface area contributed by atoms with Crippen LogP contribution in [0.3, 0.4) is 0 Å². The summed E-state index contributed by atoms with van der Waals surface area (Å²) in [7, 11) is 4.01. The molecule has 0 unspecified atom stereocenters. The Morgan fingerprint density at radius 1 is 1.33 bits per heavy atom. The predicted octanol–water partition coefficient (Wildman–Crippen LogP) is 2.91. The summed E-state index contributed by atoms with van der Waals surface area (Å²) in [6.45, 7) is 6.01. The number of aryl methyl sites for hydroxylation is 1. The number of aromatic nitrogens is 4. The van der Waals surface area contributed by atoms with E-state index in [1.807, 2.05) is 32.6 Å². The van der Waals surface area contributed by atoms with Crippen molar-refractivity contribution in [3.05, 3.63) is 51.9 Å². The third-order valence-electron chi connectivity index (χ3n) is 4.15. The summed E-state index contributed by atoms with van der Waals surface area (Å²) >= 11 is 3.51. The van der Waals surface area contributed by atoms with Gasteiger partial charge in [0.25, 0.3) is 5.91 Å². The minimum absolute atomic E-state index is 0.256. The second-order valence-electron chi connectivity index (χ2n) is 6.66. The minimum Gasteiger partial charge on any atom is -0.454 e. The van der Waals surface area contributed by atoms with Crippen LogP contribution in [0.25, 0.3) is 0 Å². The highest BCUT2D eigenvalue weighted by Gasteiger charge is 2.15. The van der Waals surface area contributed by atoms with Crippen LogP contribution in [-0.4, -0.2) is 51.0 Å². The van der Waals surface area contributed by atoms with Crippen LogP contribution in [0.15, 0.2) is 33.4 Å². The number of hydrogen-bond acceptors (Lipinski definition) is 5. The monoisotopic (exact) mass is 434 g/mol. The summed E-state index contributed by atoms with van der Waals surface area (Å²) in [6, 6.07) is 3.46. The molecular weight excluding hydrogens is 412 g/mol. The van der Waals surface area contributed by atoms with Crippen LogP contribution in [0, 0.1) is 13.8 Å². The van der Waals surface area contributed by atoms with Crippen molar-refractivity contribution >= 4 is 27.5 Å². The van der Waals surface area contributed by atoms with Crippen molar-refractivity contribution < 1.29 is 9.21 Å². The Hall–Kier alpha value is -2.39. The van der Waals surface area contributed by atoms with Gasteiger partial charge in [0, 0.05) is 12.7 Å². The molecule has 3 aromatic heterocycles. The molecule has 144 valence electrons. The number of amides is 1. The molecule has 0 atom stereocenters. The molecule has 9 heteroatoms. The Kier molecular flexibility index (Phi) is 5.81. The van der Waals surface area contributed by atoms with Gasteiger partial charge in [-0.15, -0.1) is 0 Å². The third-order valence-corrected chi connectivity index (χ3v) is 5.30. The Labute approximate surface area is 166 Å². The van der Waals surface area contributed by atoms with Gasteiger partial charge < -0.3 is 14.6 Å². The van der Waals surface area contributed by atoms with Gasteiger partial charge in [-0.05, 0) is 56.0 Å². The van der Waals surface area contributed by atoms with E-state index in [2.05, 4.69) is 36.3 Å². The summed E-state index contributed by atoms with van der Waals surface area (Å²) in [5.41, 5.74) is 2.57. The summed E-state index contributed by atoms with van der Waals surface area (Å²) in [5, 5.41) is 11.5. The van der Waals surface area contributed by atoms with E-state index in [1.165, 1.54) is 0 Å². The Balaban J connectivity index is 1.62. The lowest BCUT2D eigenvalue weighted by molar-refractivity contribution is 0.0994. The molecule has 3 rings (SSSR count). The zero-order valence-electron chi connectivity index (χ0n) is 15.9. The van der Waals surface area contributed by atoms with Crippen molar-refractivity contribution in [3.63, 3.8) is 0 Å². The standard InChI is InChI=1S/C18H23BrN6O2/c1-12-17(19)13(2)25(22-12)11-15-5-6-16(27-15)18(26)21-14-9-20-24(10-14)8-7-23(3)4/h5-6,9-10H,7-8,11H2,1-4H3,(H,21,26). The van der Waals surface area contributed by atoms with Gasteiger partial charge in [-0.1, -0.05) is 0 Å². The van der Waals surface area contributed by atoms with Crippen molar-refractivity contribution in [3.8, 4) is 0 Å². The van der Waals surface area contributed by atoms with E-state index in [0.29, 0.717) is 18.0 Å². The average Bonchev–Trinajstić information content (AvgIpc) is 3.32. The van der Waals surface area contributed by atoms with Crippen molar-refractivity contribution in [2.45, 2.75) is 26.9 Å². The lowest BCUT2D eigenvalue weighted by atomic mass is 10.4. The number of rotatable bonds is 7. The van der Waals surface area contributed by atoms with Crippen LogP contribution >= 0.6 is 15.9 Å². The van der Waals surface area contributed by atoms with Crippen LogP contribution in [0.2, 0.25) is 0 Å². The fraction of sp³-hybridized carbons (Fsp3) is 0.389. The highest BCUT2D eigenvalue weighted by atomic mass is 79.9. The first-order chi connectivity index (χ1) is 12.8. The van der Waals surface area contributed by atoms with Gasteiger partial charge in [-0.2, -0.15) is 10.2 Å². The highest BCUT2D eigenvalue weighted by molar-refractivity contribution is 9.10. The van der Waals surface area contributed by atoms with Gasteiger partial charge in [0.05, 0.1) is 40.8 Å². The van der Waals surface area contributed by atoms with Crippen LogP contribution in [0.1, 0.15) is 27.7 Å². The molecule has 0 aliphatic heterocycles. The summed E-state index contributed by atoms with van der Waals surface area (Å²) in [5.74, 6) is 0.620. The highest BCUT2D eigenvalue weighted by Crippen LogP contribution is 2.21. The lowest BCUT2D eigenvalue weighted by Crippen LogP contribution is -2.18.